The zero-order valence-electron chi connectivity index (χ0n) is 10.8. The molecule has 0 radical (unpaired) electrons. The molecule has 0 heterocycles. The molecule has 0 saturated heterocycles. The Morgan fingerprint density at radius 3 is 2.28 bits per heavy atom. The van der Waals surface area contributed by atoms with Gasteiger partial charge in [-0.25, -0.2) is 0 Å². The number of carboxylic acids is 1. The second kappa shape index (κ2) is 7.84. The normalized spacial score (nSPS) is 10.8. The van der Waals surface area contributed by atoms with E-state index < -0.39 is 5.97 Å². The second-order valence-corrected chi connectivity index (χ2v) is 4.39. The van der Waals surface area contributed by atoms with Gasteiger partial charge in [-0.1, -0.05) is 31.2 Å². The average molecular weight is 251 g/mol. The third kappa shape index (κ3) is 5.29. The first-order valence-electron chi connectivity index (χ1n) is 6.28. The van der Waals surface area contributed by atoms with Gasteiger partial charge in [0.25, 0.3) is 0 Å². The minimum atomic E-state index is -0.810. The monoisotopic (exact) mass is 251 g/mol. The molecule has 0 bridgehead atoms. The second-order valence-electron chi connectivity index (χ2n) is 4.39. The number of carbonyl (C=O) groups is 1. The van der Waals surface area contributed by atoms with Crippen LogP contribution in [0.1, 0.15) is 24.5 Å². The van der Waals surface area contributed by atoms with Crippen LogP contribution in [-0.2, 0) is 17.8 Å². The molecule has 2 N–H and O–H groups in total. The molecule has 0 aliphatic rings. The molecule has 1 rings (SSSR count). The van der Waals surface area contributed by atoms with Crippen molar-refractivity contribution in [2.45, 2.75) is 26.3 Å². The van der Waals surface area contributed by atoms with Gasteiger partial charge in [0.05, 0.1) is 13.0 Å². The standard InChI is InChI=1S/C14H21NO3/c1-2-7-15(8-9-16)11-13-5-3-12(4-6-13)10-14(17)18/h3-6,16H,2,7-11H2,1H3,(H,17,18). The lowest BCUT2D eigenvalue weighted by molar-refractivity contribution is -0.136. The van der Waals surface area contributed by atoms with Gasteiger partial charge >= 0.3 is 5.97 Å². The highest BCUT2D eigenvalue weighted by Crippen LogP contribution is 2.08. The van der Waals surface area contributed by atoms with Crippen LogP contribution in [0.3, 0.4) is 0 Å². The van der Waals surface area contributed by atoms with E-state index in [2.05, 4.69) is 11.8 Å². The molecule has 1 aromatic rings. The van der Waals surface area contributed by atoms with E-state index in [1.165, 1.54) is 0 Å². The van der Waals surface area contributed by atoms with Crippen molar-refractivity contribution in [1.29, 1.82) is 0 Å². The van der Waals surface area contributed by atoms with Crippen LogP contribution in [0.2, 0.25) is 0 Å². The summed E-state index contributed by atoms with van der Waals surface area (Å²) >= 11 is 0. The molecule has 0 amide bonds. The lowest BCUT2D eigenvalue weighted by Gasteiger charge is -2.20. The molecule has 0 saturated carbocycles. The van der Waals surface area contributed by atoms with Crippen LogP contribution in [-0.4, -0.2) is 40.8 Å². The van der Waals surface area contributed by atoms with Crippen LogP contribution in [0.4, 0.5) is 0 Å². The van der Waals surface area contributed by atoms with Gasteiger partial charge in [-0.2, -0.15) is 0 Å². The summed E-state index contributed by atoms with van der Waals surface area (Å²) in [4.78, 5) is 12.8. The summed E-state index contributed by atoms with van der Waals surface area (Å²) in [5.74, 6) is -0.810. The van der Waals surface area contributed by atoms with Crippen LogP contribution < -0.4 is 0 Å². The van der Waals surface area contributed by atoms with Gasteiger partial charge in [0.2, 0.25) is 0 Å². The highest BCUT2D eigenvalue weighted by molar-refractivity contribution is 5.70. The Labute approximate surface area is 108 Å². The van der Waals surface area contributed by atoms with E-state index in [1.54, 1.807) is 0 Å². The van der Waals surface area contributed by atoms with E-state index in [9.17, 15) is 4.79 Å². The lowest BCUT2D eigenvalue weighted by atomic mass is 10.1. The van der Waals surface area contributed by atoms with Gasteiger partial charge in [0.1, 0.15) is 0 Å². The molecule has 4 heteroatoms. The van der Waals surface area contributed by atoms with Crippen molar-refractivity contribution in [1.82, 2.24) is 4.90 Å². The smallest absolute Gasteiger partial charge is 0.307 e. The third-order valence-electron chi connectivity index (χ3n) is 2.74. The number of nitrogens with zero attached hydrogens (tertiary/aromatic N) is 1. The highest BCUT2D eigenvalue weighted by atomic mass is 16.4. The number of hydrogen-bond acceptors (Lipinski definition) is 3. The predicted molar refractivity (Wildman–Crippen MR) is 70.4 cm³/mol. The first-order valence-corrected chi connectivity index (χ1v) is 6.28. The molecule has 0 aliphatic heterocycles. The van der Waals surface area contributed by atoms with Crippen molar-refractivity contribution < 1.29 is 15.0 Å². The summed E-state index contributed by atoms with van der Waals surface area (Å²) < 4.78 is 0. The van der Waals surface area contributed by atoms with E-state index in [0.717, 1.165) is 30.6 Å². The Morgan fingerprint density at radius 2 is 1.78 bits per heavy atom. The van der Waals surface area contributed by atoms with Gasteiger partial charge < -0.3 is 10.2 Å². The topological polar surface area (TPSA) is 60.8 Å². The Hall–Kier alpha value is -1.39. The fraction of sp³-hybridized carbons (Fsp3) is 0.500. The molecule has 0 spiro atoms. The summed E-state index contributed by atoms with van der Waals surface area (Å²) in [7, 11) is 0. The first kappa shape index (κ1) is 14.7. The molecule has 0 aliphatic carbocycles. The highest BCUT2D eigenvalue weighted by Gasteiger charge is 2.05. The third-order valence-corrected chi connectivity index (χ3v) is 2.74. The maximum Gasteiger partial charge on any atom is 0.307 e. The number of aliphatic carboxylic acids is 1. The molecular formula is C14H21NO3. The molecule has 0 atom stereocenters. The van der Waals surface area contributed by atoms with E-state index in [0.29, 0.717) is 6.54 Å². The fourth-order valence-electron chi connectivity index (χ4n) is 1.92. The molecule has 0 fully saturated rings. The maximum absolute atomic E-state index is 10.6. The summed E-state index contributed by atoms with van der Waals surface area (Å²) in [6.07, 6.45) is 1.12. The average Bonchev–Trinajstić information content (AvgIpc) is 2.31. The number of benzene rings is 1. The van der Waals surface area contributed by atoms with Gasteiger partial charge in [0, 0.05) is 13.1 Å². The molecule has 0 aromatic heterocycles. The fourth-order valence-corrected chi connectivity index (χ4v) is 1.92. The van der Waals surface area contributed by atoms with Crippen molar-refractivity contribution in [3.63, 3.8) is 0 Å². The van der Waals surface area contributed by atoms with Crippen molar-refractivity contribution >= 4 is 5.97 Å². The van der Waals surface area contributed by atoms with Gasteiger partial charge in [-0.3, -0.25) is 9.69 Å². The van der Waals surface area contributed by atoms with Gasteiger partial charge in [-0.15, -0.1) is 0 Å². The minimum Gasteiger partial charge on any atom is -0.481 e. The van der Waals surface area contributed by atoms with E-state index in [-0.39, 0.29) is 13.0 Å². The van der Waals surface area contributed by atoms with E-state index in [4.69, 9.17) is 10.2 Å². The SMILES string of the molecule is CCCN(CCO)Cc1ccc(CC(=O)O)cc1. The predicted octanol–water partition coefficient (Wildman–Crippen LogP) is 1.52. The number of rotatable bonds is 8. The number of aliphatic hydroxyl groups is 1. The first-order chi connectivity index (χ1) is 8.65. The molecule has 18 heavy (non-hydrogen) atoms. The van der Waals surface area contributed by atoms with Crippen molar-refractivity contribution in [3.8, 4) is 0 Å². The Bertz CT molecular complexity index is 356. The summed E-state index contributed by atoms with van der Waals surface area (Å²) in [5.41, 5.74) is 1.96. The number of carboxylic acid groups (broad SMARTS) is 1. The Kier molecular flexibility index (Phi) is 6.39. The van der Waals surface area contributed by atoms with Crippen molar-refractivity contribution in [3.05, 3.63) is 35.4 Å². The van der Waals surface area contributed by atoms with E-state index >= 15 is 0 Å². The zero-order valence-corrected chi connectivity index (χ0v) is 10.8. The van der Waals surface area contributed by atoms with Crippen LogP contribution in [0.25, 0.3) is 0 Å². The van der Waals surface area contributed by atoms with E-state index in [1.807, 2.05) is 24.3 Å². The Morgan fingerprint density at radius 1 is 1.17 bits per heavy atom. The van der Waals surface area contributed by atoms with Crippen LogP contribution in [0.5, 0.6) is 0 Å². The zero-order chi connectivity index (χ0) is 13.4. The van der Waals surface area contributed by atoms with Crippen LogP contribution >= 0.6 is 0 Å². The van der Waals surface area contributed by atoms with Crippen molar-refractivity contribution in [2.75, 3.05) is 19.7 Å². The van der Waals surface area contributed by atoms with Crippen molar-refractivity contribution in [2.24, 2.45) is 0 Å². The lowest BCUT2D eigenvalue weighted by Crippen LogP contribution is -2.27. The summed E-state index contributed by atoms with van der Waals surface area (Å²) in [6.45, 7) is 4.70. The maximum atomic E-state index is 10.6. The molecule has 0 unspecified atom stereocenters. The largest absolute Gasteiger partial charge is 0.481 e. The Balaban J connectivity index is 2.58. The number of aliphatic hydroxyl groups excluding tert-OH is 1. The van der Waals surface area contributed by atoms with Gasteiger partial charge in [0.15, 0.2) is 0 Å². The molecule has 4 nitrogen and oxygen atoms in total. The number of hydrogen-bond donors (Lipinski definition) is 2. The molecular weight excluding hydrogens is 230 g/mol. The van der Waals surface area contributed by atoms with Crippen LogP contribution in [0.15, 0.2) is 24.3 Å². The van der Waals surface area contributed by atoms with Crippen LogP contribution in [0, 0.1) is 0 Å². The molecule has 100 valence electrons. The minimum absolute atomic E-state index is 0.0651. The summed E-state index contributed by atoms with van der Waals surface area (Å²) in [6, 6.07) is 7.62. The summed E-state index contributed by atoms with van der Waals surface area (Å²) in [5, 5.41) is 17.7. The van der Waals surface area contributed by atoms with Gasteiger partial charge in [-0.05, 0) is 24.1 Å². The quantitative estimate of drug-likeness (QED) is 0.735. The molecule has 1 aromatic carbocycles.